The van der Waals surface area contributed by atoms with Crippen molar-refractivity contribution in [2.45, 2.75) is 145 Å². The molecule has 112 heavy (non-hydrogen) atoms. The molecule has 26 N–H and O–H groups in total. The third-order valence-corrected chi connectivity index (χ3v) is 18.1. The number of aromatic hydroxyl groups is 1. The lowest BCUT2D eigenvalue weighted by Gasteiger charge is -2.28. The fourth-order valence-electron chi connectivity index (χ4n) is 11.6. The van der Waals surface area contributed by atoms with E-state index in [4.69, 9.17) is 28.0 Å². The van der Waals surface area contributed by atoms with E-state index in [0.717, 1.165) is 0 Å². The number of hydrogen-bond donors (Lipinski definition) is 23. The van der Waals surface area contributed by atoms with Crippen LogP contribution in [-0.4, -0.2) is 218 Å². The molecule has 602 valence electrons. The van der Waals surface area contributed by atoms with Gasteiger partial charge in [-0.2, -0.15) is 11.8 Å². The maximum Gasteiger partial charge on any atom is 0.322 e. The molecule has 2 aromatic heterocycles. The molecular formula is C74H99N21O16S. The summed E-state index contributed by atoms with van der Waals surface area (Å²) in [4.78, 5) is 192. The first-order valence-corrected chi connectivity index (χ1v) is 37.4. The molecule has 0 aliphatic carbocycles. The van der Waals surface area contributed by atoms with Crippen molar-refractivity contribution >= 4 is 112 Å². The smallest absolute Gasteiger partial charge is 0.322 e. The summed E-state index contributed by atoms with van der Waals surface area (Å²) in [6.45, 7) is 1.78. The average Bonchev–Trinajstić information content (AvgIpc) is 1.76. The first-order valence-electron chi connectivity index (χ1n) is 36.0. The molecule has 10 atom stereocenters. The number of carbonyl (C=O) groups is 13. The fourth-order valence-corrected chi connectivity index (χ4v) is 12.1. The van der Waals surface area contributed by atoms with Crippen LogP contribution in [0.3, 0.4) is 0 Å². The Labute approximate surface area is 649 Å². The predicted molar refractivity (Wildman–Crippen MR) is 414 cm³/mol. The van der Waals surface area contributed by atoms with E-state index < -0.39 is 175 Å². The topological polar surface area (TPSA) is 609 Å². The summed E-state index contributed by atoms with van der Waals surface area (Å²) in [5.74, 6) is -14.2. The van der Waals surface area contributed by atoms with Crippen molar-refractivity contribution in [2.24, 2.45) is 23.1 Å². The van der Waals surface area contributed by atoms with Gasteiger partial charge in [-0.3, -0.25) is 73.1 Å². The minimum Gasteiger partial charge on any atom is -0.508 e. The quantitative estimate of drug-likeness (QED) is 0.0107. The number of H-pyrrole nitrogens is 2. The van der Waals surface area contributed by atoms with E-state index in [9.17, 15) is 63.3 Å². The van der Waals surface area contributed by atoms with Crippen LogP contribution in [0.4, 0.5) is 0 Å². The number of benzene rings is 4. The number of aromatic amines is 2. The lowest BCUT2D eigenvalue weighted by molar-refractivity contribution is -0.141. The lowest BCUT2D eigenvalue weighted by atomic mass is 10.0. The zero-order valence-electron chi connectivity index (χ0n) is 62.0. The molecule has 6 rings (SSSR count). The van der Waals surface area contributed by atoms with Crippen LogP contribution in [0.25, 0.3) is 10.9 Å². The van der Waals surface area contributed by atoms with Crippen molar-refractivity contribution in [1.82, 2.24) is 84.1 Å². The third kappa shape index (κ3) is 30.4. The van der Waals surface area contributed by atoms with Gasteiger partial charge in [-0.1, -0.05) is 105 Å². The number of aromatic nitrogens is 3. The molecule has 11 amide bonds. The molecule has 0 aliphatic heterocycles. The zero-order chi connectivity index (χ0) is 81.8. The van der Waals surface area contributed by atoms with E-state index in [1.807, 2.05) is 0 Å². The Morgan fingerprint density at radius 1 is 0.473 bits per heavy atom. The van der Waals surface area contributed by atoms with Crippen LogP contribution in [0, 0.1) is 16.7 Å². The Bertz CT molecular complexity index is 4190. The highest BCUT2D eigenvalue weighted by atomic mass is 32.2. The van der Waals surface area contributed by atoms with Crippen molar-refractivity contribution in [3.8, 4) is 5.75 Å². The third-order valence-electron chi connectivity index (χ3n) is 17.5. The van der Waals surface area contributed by atoms with Gasteiger partial charge in [0.1, 0.15) is 66.7 Å². The number of fused-ring (bicyclic) bond motifs is 1. The van der Waals surface area contributed by atoms with Gasteiger partial charge in [0.15, 0.2) is 11.9 Å². The van der Waals surface area contributed by atoms with E-state index in [0.29, 0.717) is 38.9 Å². The maximum atomic E-state index is 15.1. The van der Waals surface area contributed by atoms with Crippen LogP contribution in [0.5, 0.6) is 5.75 Å². The van der Waals surface area contributed by atoms with Crippen LogP contribution in [0.1, 0.15) is 80.3 Å². The van der Waals surface area contributed by atoms with Crippen molar-refractivity contribution in [3.05, 3.63) is 156 Å². The number of carboxylic acid groups (broad SMARTS) is 2. The number of phenolic OH excluding ortho intramolecular Hbond substituents is 1. The average molecular weight is 1570 g/mol. The Kier molecular flexibility index (Phi) is 35.8. The van der Waals surface area contributed by atoms with Gasteiger partial charge in [-0.15, -0.1) is 0 Å². The van der Waals surface area contributed by atoms with E-state index in [-0.39, 0.29) is 88.7 Å². The van der Waals surface area contributed by atoms with Gasteiger partial charge >= 0.3 is 11.9 Å². The predicted octanol–water partition coefficient (Wildman–Crippen LogP) is -2.47. The largest absolute Gasteiger partial charge is 0.508 e. The molecule has 4 aromatic carbocycles. The number of carboxylic acids is 2. The first kappa shape index (κ1) is 88.3. The van der Waals surface area contributed by atoms with Gasteiger partial charge in [0.2, 0.25) is 65.0 Å². The maximum absolute atomic E-state index is 15.1. The standard InChI is InChI=1S/C74H99N21O16S/c1-41(2)62(95-63(102)49(75)30-44-22-24-47(96)25-23-44)72(111)90-53(26-29-112-3)64(103)84-38-59(97)87-57(34-46-37-80-40-86-46)70(109)92-55(32-43-16-8-5-9-17-43)68(107)88-52(21-13-28-82-74(78)79)67(106)93-56(33-45-36-83-50-19-11-10-18-48(45)50)69(108)94-58(35-60(98)99)71(110)89-51(20-12-27-81-73(76)77)66(105)91-54(65(104)85-39-61(100)101)31-42-14-6-4-7-15-42/h4-11,14-19,22-25,36-37,40-41,49,51-58,62,83,96H,12-13,20-21,26-35,38-39,75H2,1-3H3,(H,80,86)(H,84,103)(H,85,104)(H,87,97)(H,88,107)(H,89,110)(H,90,111)(H,91,105)(H,92,109)(H,93,106)(H,94,108)(H,95,102)(H,98,99)(H,100,101)(H4,76,77,81)(H4,78,79,82)/t49-,51-,52-,53-,54-,55+,56-,57-,58-,62-/m0/s1. The summed E-state index contributed by atoms with van der Waals surface area (Å²) >= 11 is 1.37. The van der Waals surface area contributed by atoms with Crippen molar-refractivity contribution in [1.29, 1.82) is 10.8 Å². The molecular weight excluding hydrogens is 1470 g/mol. The second-order valence-corrected chi connectivity index (χ2v) is 27.6. The molecule has 0 unspecified atom stereocenters. The monoisotopic (exact) mass is 1570 g/mol. The van der Waals surface area contributed by atoms with Gasteiger partial charge in [-0.25, -0.2) is 4.98 Å². The number of nitrogens with one attached hydrogen (secondary N) is 17. The van der Waals surface area contributed by atoms with Gasteiger partial charge in [0.25, 0.3) is 0 Å². The molecule has 0 bridgehead atoms. The van der Waals surface area contributed by atoms with Gasteiger partial charge < -0.3 is 112 Å². The Morgan fingerprint density at radius 2 is 0.929 bits per heavy atom. The number of aliphatic carboxylic acids is 2. The highest BCUT2D eigenvalue weighted by Gasteiger charge is 2.37. The van der Waals surface area contributed by atoms with E-state index in [1.165, 1.54) is 36.4 Å². The summed E-state index contributed by atoms with van der Waals surface area (Å²) in [7, 11) is 0. The normalized spacial score (nSPS) is 13.7. The van der Waals surface area contributed by atoms with Crippen LogP contribution >= 0.6 is 11.8 Å². The van der Waals surface area contributed by atoms with Crippen molar-refractivity contribution < 1.29 is 77.6 Å². The molecule has 2 heterocycles. The number of guanidine groups is 2. The number of thioether (sulfide) groups is 1. The lowest BCUT2D eigenvalue weighted by Crippen LogP contribution is -2.61. The minimum absolute atomic E-state index is 0.0122. The Balaban J connectivity index is 1.25. The number of rotatable bonds is 47. The summed E-state index contributed by atoms with van der Waals surface area (Å²) in [5, 5.41) is 78.7. The van der Waals surface area contributed by atoms with Crippen LogP contribution in [-0.2, 0) is 94.4 Å². The molecule has 37 nitrogen and oxygen atoms in total. The molecule has 38 heteroatoms. The van der Waals surface area contributed by atoms with Crippen molar-refractivity contribution in [3.63, 3.8) is 0 Å². The number of imidazole rings is 1. The van der Waals surface area contributed by atoms with Gasteiger partial charge in [0.05, 0.1) is 31.0 Å². The summed E-state index contributed by atoms with van der Waals surface area (Å²) in [6, 6.07) is 14.8. The molecule has 0 saturated carbocycles. The number of nitrogens with two attached hydrogens (primary N) is 3. The molecule has 0 radical (unpaired) electrons. The van der Waals surface area contributed by atoms with Crippen molar-refractivity contribution in [2.75, 3.05) is 38.2 Å². The summed E-state index contributed by atoms with van der Waals surface area (Å²) < 4.78 is 0. The van der Waals surface area contributed by atoms with Crippen LogP contribution in [0.15, 0.2) is 128 Å². The highest BCUT2D eigenvalue weighted by Crippen LogP contribution is 2.21. The van der Waals surface area contributed by atoms with Gasteiger partial charge in [0, 0.05) is 62.1 Å². The number of para-hydroxylation sites is 1. The van der Waals surface area contributed by atoms with E-state index in [1.54, 1.807) is 123 Å². The van der Waals surface area contributed by atoms with Crippen LogP contribution < -0.4 is 86.3 Å². The SMILES string of the molecule is CSCC[C@H](NC(=O)[C@@H](NC(=O)[C@@H](N)Cc1ccc(O)cc1)C(C)C)C(=O)NCC(=O)N[C@@H](Cc1c[nH]cn1)C(=O)N[C@H](Cc1ccccc1)C(=O)N[C@@H](CCCNC(=N)N)C(=O)N[C@@H](Cc1c[nH]c2ccccc12)C(=O)N[C@@H](CC(=O)O)C(=O)N[C@@H](CCCNC(=N)N)C(=O)N[C@@H](Cc1ccccc1)C(=O)NCC(=O)O. The molecule has 0 aliphatic rings. The Hall–Kier alpha value is -12.6. The summed E-state index contributed by atoms with van der Waals surface area (Å²) in [6.07, 6.45) is 3.70. The second-order valence-electron chi connectivity index (χ2n) is 26.6. The van der Waals surface area contributed by atoms with E-state index in [2.05, 4.69) is 84.1 Å². The molecule has 0 fully saturated rings. The zero-order valence-corrected chi connectivity index (χ0v) is 62.8. The second kappa shape index (κ2) is 45.4. The number of hydrogen-bond acceptors (Lipinski definition) is 19. The Morgan fingerprint density at radius 3 is 1.45 bits per heavy atom. The minimum atomic E-state index is -2.00. The molecule has 0 spiro atoms. The van der Waals surface area contributed by atoms with Crippen LogP contribution in [0.2, 0.25) is 0 Å². The number of nitrogens with zero attached hydrogens (tertiary/aromatic N) is 1. The number of phenols is 1. The summed E-state index contributed by atoms with van der Waals surface area (Å²) in [5.41, 5.74) is 20.3. The van der Waals surface area contributed by atoms with E-state index >= 15 is 14.4 Å². The molecule has 6 aromatic rings. The first-order chi connectivity index (χ1) is 53.5. The molecule has 0 saturated heterocycles. The fraction of sp³-hybridized carbons (Fsp3) is 0.405. The highest BCUT2D eigenvalue weighted by molar-refractivity contribution is 7.98. The number of amides is 11. The number of carbonyl (C=O) groups excluding carboxylic acids is 11. The van der Waals surface area contributed by atoms with Gasteiger partial charge in [-0.05, 0) is 96.9 Å².